The summed E-state index contributed by atoms with van der Waals surface area (Å²) in [5.41, 5.74) is 1.58. The van der Waals surface area contributed by atoms with Crippen LogP contribution >= 0.6 is 0 Å². The van der Waals surface area contributed by atoms with Crippen molar-refractivity contribution in [1.82, 2.24) is 14.8 Å². The van der Waals surface area contributed by atoms with Gasteiger partial charge in [-0.3, -0.25) is 19.3 Å². The van der Waals surface area contributed by atoms with Crippen molar-refractivity contribution in [2.45, 2.75) is 51.4 Å². The van der Waals surface area contributed by atoms with Crippen LogP contribution in [0, 0.1) is 30.2 Å². The van der Waals surface area contributed by atoms with E-state index in [4.69, 9.17) is 0 Å². The fraction of sp³-hybridized carbons (Fsp3) is 0.367. The van der Waals surface area contributed by atoms with Gasteiger partial charge < -0.3 is 25.8 Å². The van der Waals surface area contributed by atoms with Gasteiger partial charge in [-0.1, -0.05) is 0 Å². The van der Waals surface area contributed by atoms with Gasteiger partial charge in [0.05, 0.1) is 28.1 Å². The highest BCUT2D eigenvalue weighted by Crippen LogP contribution is 2.44. The quantitative estimate of drug-likeness (QED) is 0.188. The van der Waals surface area contributed by atoms with Crippen LogP contribution in [0.25, 0.3) is 0 Å². The smallest absolute Gasteiger partial charge is 0.262 e. The minimum absolute atomic E-state index is 0.154. The number of nitrogens with zero attached hydrogens (tertiary/aromatic N) is 2. The maximum absolute atomic E-state index is 14.3. The number of H-pyrrole nitrogens is 1. The summed E-state index contributed by atoms with van der Waals surface area (Å²) in [4.78, 5) is 46.1. The highest BCUT2D eigenvalue weighted by molar-refractivity contribution is 6.23. The molecule has 226 valence electrons. The van der Waals surface area contributed by atoms with Crippen LogP contribution in [0.5, 0.6) is 0 Å². The van der Waals surface area contributed by atoms with Gasteiger partial charge in [0.15, 0.2) is 23.3 Å². The van der Waals surface area contributed by atoms with Gasteiger partial charge in [0.1, 0.15) is 6.17 Å². The molecule has 4 heterocycles. The van der Waals surface area contributed by atoms with E-state index in [1.807, 2.05) is 7.05 Å². The first-order valence-electron chi connectivity index (χ1n) is 14.0. The summed E-state index contributed by atoms with van der Waals surface area (Å²) in [6, 6.07) is 2.41. The number of hydrogen-bond donors (Lipinski definition) is 4. The summed E-state index contributed by atoms with van der Waals surface area (Å²) in [6.07, 6.45) is 1.59. The van der Waals surface area contributed by atoms with Gasteiger partial charge in [0, 0.05) is 35.6 Å². The second-order valence-corrected chi connectivity index (χ2v) is 11.4. The third-order valence-corrected chi connectivity index (χ3v) is 8.50. The lowest BCUT2D eigenvalue weighted by molar-refractivity contribution is 0.0516. The van der Waals surface area contributed by atoms with Crippen LogP contribution in [0.15, 0.2) is 29.2 Å². The Morgan fingerprint density at radius 2 is 1.67 bits per heavy atom. The molecule has 2 amide bonds. The number of aromatic amines is 1. The molecule has 9 nitrogen and oxygen atoms in total. The summed E-state index contributed by atoms with van der Waals surface area (Å²) in [5.74, 6) is -6.62. The summed E-state index contributed by atoms with van der Waals surface area (Å²) in [5, 5.41) is 9.48. The molecule has 0 radical (unpaired) electrons. The molecule has 2 unspecified atom stereocenters. The average molecular weight is 599 g/mol. The number of imide groups is 1. The predicted molar refractivity (Wildman–Crippen MR) is 152 cm³/mol. The van der Waals surface area contributed by atoms with Gasteiger partial charge >= 0.3 is 0 Å². The van der Waals surface area contributed by atoms with E-state index in [1.165, 1.54) is 11.1 Å². The lowest BCUT2D eigenvalue weighted by atomic mass is 10.0. The summed E-state index contributed by atoms with van der Waals surface area (Å²) in [7, 11) is 2.01. The number of fused-ring (bicyclic) bond motifs is 2. The molecule has 0 saturated carbocycles. The number of piperidine rings is 1. The van der Waals surface area contributed by atoms with Crippen LogP contribution in [0.3, 0.4) is 0 Å². The topological polar surface area (TPSA) is 110 Å². The molecule has 1 aromatic heterocycles. The number of anilines is 3. The molecular weight excluding hydrogens is 568 g/mol. The Morgan fingerprint density at radius 3 is 2.35 bits per heavy atom. The molecule has 2 atom stereocenters. The van der Waals surface area contributed by atoms with E-state index in [2.05, 4.69) is 25.8 Å². The maximum atomic E-state index is 14.3. The van der Waals surface area contributed by atoms with Crippen molar-refractivity contribution in [3.05, 3.63) is 85.8 Å². The van der Waals surface area contributed by atoms with Gasteiger partial charge in [0.2, 0.25) is 0 Å². The van der Waals surface area contributed by atoms with Crippen LogP contribution in [-0.2, 0) is 6.42 Å². The number of benzene rings is 2. The van der Waals surface area contributed by atoms with Crippen LogP contribution in [-0.4, -0.2) is 58.8 Å². The van der Waals surface area contributed by atoms with E-state index < -0.39 is 53.0 Å². The number of nitrogens with one attached hydrogen (secondary N) is 4. The van der Waals surface area contributed by atoms with E-state index in [1.54, 1.807) is 26.0 Å². The normalized spacial score (nSPS) is 19.2. The molecule has 3 aromatic rings. The number of carbonyl (C=O) groups excluding carboxylic acids is 2. The lowest BCUT2D eigenvalue weighted by Crippen LogP contribution is -2.46. The maximum Gasteiger partial charge on any atom is 0.262 e. The summed E-state index contributed by atoms with van der Waals surface area (Å²) >= 11 is 0. The fourth-order valence-electron chi connectivity index (χ4n) is 6.30. The molecule has 0 spiro atoms. The predicted octanol–water partition coefficient (Wildman–Crippen LogP) is 4.51. The Labute approximate surface area is 244 Å². The third kappa shape index (κ3) is 4.81. The van der Waals surface area contributed by atoms with Crippen LogP contribution in [0.2, 0.25) is 0 Å². The Bertz CT molecular complexity index is 1690. The van der Waals surface area contributed by atoms with Gasteiger partial charge in [-0.15, -0.1) is 0 Å². The summed E-state index contributed by atoms with van der Waals surface area (Å²) in [6.45, 7) is 4.89. The van der Waals surface area contributed by atoms with Crippen molar-refractivity contribution in [3.63, 3.8) is 0 Å². The molecular formula is C30H30F4N6O3. The van der Waals surface area contributed by atoms with Crippen LogP contribution < -0.4 is 21.5 Å². The van der Waals surface area contributed by atoms with Crippen molar-refractivity contribution in [1.29, 1.82) is 0 Å². The average Bonchev–Trinajstić information content (AvgIpc) is 3.49. The second-order valence-electron chi connectivity index (χ2n) is 11.4. The van der Waals surface area contributed by atoms with Crippen molar-refractivity contribution in [3.8, 4) is 0 Å². The zero-order chi connectivity index (χ0) is 30.7. The molecule has 3 aliphatic rings. The van der Waals surface area contributed by atoms with E-state index in [0.717, 1.165) is 13.1 Å². The Kier molecular flexibility index (Phi) is 7.15. The lowest BCUT2D eigenvalue weighted by Gasteiger charge is -2.33. The highest BCUT2D eigenvalue weighted by atomic mass is 19.2. The van der Waals surface area contributed by atoms with Gasteiger partial charge in [-0.05, 0) is 70.9 Å². The van der Waals surface area contributed by atoms with E-state index in [-0.39, 0.29) is 29.5 Å². The number of amides is 2. The first kappa shape index (κ1) is 28.7. The van der Waals surface area contributed by atoms with Gasteiger partial charge in [-0.25, -0.2) is 17.6 Å². The van der Waals surface area contributed by atoms with Crippen molar-refractivity contribution in [2.75, 3.05) is 36.1 Å². The number of rotatable bonds is 6. The fourth-order valence-corrected chi connectivity index (χ4v) is 6.30. The second kappa shape index (κ2) is 10.7. The molecule has 2 aromatic carbocycles. The number of likely N-dealkylation sites (tertiary alicyclic amines) is 1. The third-order valence-electron chi connectivity index (χ3n) is 8.50. The number of pyridine rings is 1. The van der Waals surface area contributed by atoms with Gasteiger partial charge in [-0.2, -0.15) is 0 Å². The highest BCUT2D eigenvalue weighted by Gasteiger charge is 2.44. The molecule has 4 N–H and O–H groups in total. The number of aromatic nitrogens is 1. The first-order chi connectivity index (χ1) is 20.5. The van der Waals surface area contributed by atoms with E-state index in [9.17, 15) is 31.9 Å². The van der Waals surface area contributed by atoms with Crippen molar-refractivity contribution < 1.29 is 27.2 Å². The Balaban J connectivity index is 1.26. The standard InChI is InChI=1S/C30H30F4N6O3/c1-13(10-17-24(33)18(31)12-19(32)25(17)34)36-20-4-7-35-28(41)23(20)27-37-21-11-16-22(14(2)26(21)38-27)30(43)40(29(16)42)15-5-8-39(3)9-6-15/h4,7,11-13,15,27,37-38H,5-6,8-10H2,1-3H3,(H2,35,36,41). The largest absolute Gasteiger partial charge is 0.382 e. The molecule has 13 heteroatoms. The number of hydrogen-bond acceptors (Lipinski definition) is 7. The first-order valence-corrected chi connectivity index (χ1v) is 14.0. The van der Waals surface area contributed by atoms with Gasteiger partial charge in [0.25, 0.3) is 17.4 Å². The van der Waals surface area contributed by atoms with Crippen molar-refractivity contribution in [2.24, 2.45) is 0 Å². The molecule has 43 heavy (non-hydrogen) atoms. The molecule has 0 bridgehead atoms. The zero-order valence-electron chi connectivity index (χ0n) is 23.7. The minimum atomic E-state index is -1.50. The number of carbonyl (C=O) groups is 2. The summed E-state index contributed by atoms with van der Waals surface area (Å²) < 4.78 is 56.0. The van der Waals surface area contributed by atoms with E-state index in [0.29, 0.717) is 46.6 Å². The van der Waals surface area contributed by atoms with E-state index >= 15 is 0 Å². The molecule has 1 saturated heterocycles. The molecule has 1 fully saturated rings. The molecule has 3 aliphatic heterocycles. The molecule has 0 aliphatic carbocycles. The number of halogens is 4. The Hall–Kier alpha value is -4.39. The van der Waals surface area contributed by atoms with Crippen molar-refractivity contribution >= 4 is 28.9 Å². The molecule has 6 rings (SSSR count). The Morgan fingerprint density at radius 1 is 1.00 bits per heavy atom. The van der Waals surface area contributed by atoms with Crippen LogP contribution in [0.1, 0.15) is 63.3 Å². The van der Waals surface area contributed by atoms with Crippen LogP contribution in [0.4, 0.5) is 34.6 Å². The minimum Gasteiger partial charge on any atom is -0.382 e. The SMILES string of the molecule is Cc1c2c(cc3c1C(=O)N(C1CCN(C)CC1)C3=O)NC(c1c(NC(C)Cc3c(F)c(F)cc(F)c3F)cc[nH]c1=O)N2. The zero-order valence-corrected chi connectivity index (χ0v) is 23.7. The monoisotopic (exact) mass is 598 g/mol.